The first-order valence-corrected chi connectivity index (χ1v) is 8.02. The molecule has 0 saturated heterocycles. The fourth-order valence-electron chi connectivity index (χ4n) is 2.78. The van der Waals surface area contributed by atoms with Gasteiger partial charge in [-0.2, -0.15) is 0 Å². The molecule has 1 N–H and O–H groups in total. The maximum absolute atomic E-state index is 11.9. The van der Waals surface area contributed by atoms with Crippen LogP contribution in [0, 0.1) is 11.8 Å². The van der Waals surface area contributed by atoms with Crippen molar-refractivity contribution in [2.45, 2.75) is 71.3 Å². The molecule has 0 aliphatic heterocycles. The molecule has 1 aliphatic rings. The molecule has 3 heteroatoms. The van der Waals surface area contributed by atoms with Crippen molar-refractivity contribution in [1.82, 2.24) is 5.32 Å². The molecule has 1 rings (SSSR count). The van der Waals surface area contributed by atoms with Crippen molar-refractivity contribution in [3.05, 3.63) is 0 Å². The summed E-state index contributed by atoms with van der Waals surface area (Å²) >= 11 is 5.77. The van der Waals surface area contributed by atoms with Gasteiger partial charge in [-0.05, 0) is 24.7 Å². The lowest BCUT2D eigenvalue weighted by Crippen LogP contribution is -2.38. The van der Waals surface area contributed by atoms with Crippen LogP contribution in [0.4, 0.5) is 0 Å². The maximum Gasteiger partial charge on any atom is 0.220 e. The van der Waals surface area contributed by atoms with Crippen molar-refractivity contribution in [2.24, 2.45) is 11.8 Å². The molecule has 106 valence electrons. The highest BCUT2D eigenvalue weighted by Crippen LogP contribution is 2.27. The zero-order chi connectivity index (χ0) is 13.4. The van der Waals surface area contributed by atoms with Crippen molar-refractivity contribution >= 4 is 17.5 Å². The summed E-state index contributed by atoms with van der Waals surface area (Å²) in [5, 5.41) is 3.13. The Labute approximate surface area is 117 Å². The molecule has 2 nitrogen and oxygen atoms in total. The first kappa shape index (κ1) is 15.8. The number of nitrogens with one attached hydrogen (secondary N) is 1. The van der Waals surface area contributed by atoms with Crippen molar-refractivity contribution in [3.63, 3.8) is 0 Å². The Balaban J connectivity index is 2.22. The summed E-state index contributed by atoms with van der Waals surface area (Å²) in [5.41, 5.74) is 0. The van der Waals surface area contributed by atoms with Crippen molar-refractivity contribution in [1.29, 1.82) is 0 Å². The lowest BCUT2D eigenvalue weighted by molar-refractivity contribution is -0.122. The molecule has 1 fully saturated rings. The largest absolute Gasteiger partial charge is 0.353 e. The highest BCUT2D eigenvalue weighted by molar-refractivity contribution is 6.17. The molecule has 0 aromatic rings. The summed E-state index contributed by atoms with van der Waals surface area (Å²) in [6.07, 6.45) is 9.36. The Morgan fingerprint density at radius 3 is 2.50 bits per heavy atom. The van der Waals surface area contributed by atoms with Gasteiger partial charge in [-0.3, -0.25) is 4.79 Å². The second-order valence-corrected chi connectivity index (χ2v) is 6.32. The quantitative estimate of drug-likeness (QED) is 0.695. The predicted molar refractivity (Wildman–Crippen MR) is 77.9 cm³/mol. The average Bonchev–Trinajstić information content (AvgIpc) is 2.37. The van der Waals surface area contributed by atoms with Crippen molar-refractivity contribution < 1.29 is 4.79 Å². The van der Waals surface area contributed by atoms with E-state index >= 15 is 0 Å². The summed E-state index contributed by atoms with van der Waals surface area (Å²) in [6.45, 7) is 4.28. The average molecular weight is 274 g/mol. The van der Waals surface area contributed by atoms with Crippen LogP contribution in [-0.4, -0.2) is 17.8 Å². The van der Waals surface area contributed by atoms with Gasteiger partial charge in [0.2, 0.25) is 5.91 Å². The first-order valence-electron chi connectivity index (χ1n) is 7.48. The lowest BCUT2D eigenvalue weighted by atomic mass is 9.86. The summed E-state index contributed by atoms with van der Waals surface area (Å²) in [6, 6.07) is 0.237. The molecule has 1 unspecified atom stereocenters. The van der Waals surface area contributed by atoms with Gasteiger partial charge in [0.25, 0.3) is 0 Å². The molecular formula is C15H28ClNO. The molecule has 0 radical (unpaired) electrons. The third-order valence-corrected chi connectivity index (χ3v) is 4.29. The minimum atomic E-state index is 0.212. The predicted octanol–water partition coefficient (Wildman–Crippen LogP) is 4.12. The van der Waals surface area contributed by atoms with Crippen LogP contribution in [-0.2, 0) is 4.79 Å². The van der Waals surface area contributed by atoms with E-state index in [9.17, 15) is 4.79 Å². The molecular weight excluding hydrogens is 246 g/mol. The standard InChI is InChI=1S/C15H28ClNO/c1-12(2)14(10-11-16)17-15(18)9-8-13-6-4-3-5-7-13/h12-14H,3-11H2,1-2H3,(H,17,18). The number of halogens is 1. The highest BCUT2D eigenvalue weighted by Gasteiger charge is 2.18. The number of hydrogen-bond acceptors (Lipinski definition) is 1. The summed E-state index contributed by atoms with van der Waals surface area (Å²) in [7, 11) is 0. The van der Waals surface area contributed by atoms with Crippen LogP contribution in [0.5, 0.6) is 0 Å². The lowest BCUT2D eigenvalue weighted by Gasteiger charge is -2.23. The Hall–Kier alpha value is -0.240. The van der Waals surface area contributed by atoms with E-state index in [0.717, 1.165) is 18.8 Å². The van der Waals surface area contributed by atoms with Gasteiger partial charge in [0.1, 0.15) is 0 Å². The number of amides is 1. The van der Waals surface area contributed by atoms with Crippen LogP contribution < -0.4 is 5.32 Å². The fourth-order valence-corrected chi connectivity index (χ4v) is 3.01. The van der Waals surface area contributed by atoms with Gasteiger partial charge in [-0.1, -0.05) is 46.0 Å². The van der Waals surface area contributed by atoms with Crippen LogP contribution in [0.15, 0.2) is 0 Å². The molecule has 1 amide bonds. The van der Waals surface area contributed by atoms with E-state index in [1.807, 2.05) is 0 Å². The van der Waals surface area contributed by atoms with Gasteiger partial charge in [-0.15, -0.1) is 11.6 Å². The molecule has 1 saturated carbocycles. The van der Waals surface area contributed by atoms with E-state index < -0.39 is 0 Å². The van der Waals surface area contributed by atoms with E-state index in [0.29, 0.717) is 18.2 Å². The first-order chi connectivity index (χ1) is 8.63. The molecule has 0 aromatic heterocycles. The molecule has 0 heterocycles. The maximum atomic E-state index is 11.9. The van der Waals surface area contributed by atoms with Crippen LogP contribution >= 0.6 is 11.6 Å². The van der Waals surface area contributed by atoms with Gasteiger partial charge in [0.15, 0.2) is 0 Å². The Bertz CT molecular complexity index is 237. The van der Waals surface area contributed by atoms with E-state index in [1.165, 1.54) is 32.1 Å². The SMILES string of the molecule is CC(C)C(CCCl)NC(=O)CCC1CCCCC1. The van der Waals surface area contributed by atoms with Crippen LogP contribution in [0.1, 0.15) is 65.2 Å². The molecule has 1 atom stereocenters. The Morgan fingerprint density at radius 1 is 1.28 bits per heavy atom. The van der Waals surface area contributed by atoms with Crippen LogP contribution in [0.25, 0.3) is 0 Å². The summed E-state index contributed by atoms with van der Waals surface area (Å²) in [5.74, 6) is 2.08. The summed E-state index contributed by atoms with van der Waals surface area (Å²) < 4.78 is 0. The Morgan fingerprint density at radius 2 is 1.94 bits per heavy atom. The smallest absolute Gasteiger partial charge is 0.220 e. The molecule has 18 heavy (non-hydrogen) atoms. The number of rotatable bonds is 7. The van der Waals surface area contributed by atoms with Crippen LogP contribution in [0.3, 0.4) is 0 Å². The van der Waals surface area contributed by atoms with Crippen molar-refractivity contribution in [3.8, 4) is 0 Å². The number of carbonyl (C=O) groups excluding carboxylic acids is 1. The zero-order valence-corrected chi connectivity index (χ0v) is 12.6. The molecule has 0 spiro atoms. The number of hydrogen-bond donors (Lipinski definition) is 1. The van der Waals surface area contributed by atoms with Gasteiger partial charge >= 0.3 is 0 Å². The number of carbonyl (C=O) groups is 1. The fraction of sp³-hybridized carbons (Fsp3) is 0.933. The second kappa shape index (κ2) is 8.79. The third kappa shape index (κ3) is 6.08. The van der Waals surface area contributed by atoms with Gasteiger partial charge in [-0.25, -0.2) is 0 Å². The van der Waals surface area contributed by atoms with E-state index in [2.05, 4.69) is 19.2 Å². The topological polar surface area (TPSA) is 29.1 Å². The van der Waals surface area contributed by atoms with E-state index in [4.69, 9.17) is 11.6 Å². The van der Waals surface area contributed by atoms with E-state index in [1.54, 1.807) is 0 Å². The van der Waals surface area contributed by atoms with Gasteiger partial charge in [0.05, 0.1) is 0 Å². The minimum Gasteiger partial charge on any atom is -0.353 e. The van der Waals surface area contributed by atoms with Gasteiger partial charge < -0.3 is 5.32 Å². The Kier molecular flexibility index (Phi) is 7.73. The molecule has 0 bridgehead atoms. The van der Waals surface area contributed by atoms with Crippen molar-refractivity contribution in [2.75, 3.05) is 5.88 Å². The third-order valence-electron chi connectivity index (χ3n) is 4.08. The van der Waals surface area contributed by atoms with Gasteiger partial charge in [0, 0.05) is 18.3 Å². The monoisotopic (exact) mass is 273 g/mol. The minimum absolute atomic E-state index is 0.212. The van der Waals surface area contributed by atoms with E-state index in [-0.39, 0.29) is 11.9 Å². The number of alkyl halides is 1. The molecule has 1 aliphatic carbocycles. The van der Waals surface area contributed by atoms with Crippen LogP contribution in [0.2, 0.25) is 0 Å². The summed E-state index contributed by atoms with van der Waals surface area (Å²) in [4.78, 5) is 11.9. The zero-order valence-electron chi connectivity index (χ0n) is 11.9. The highest BCUT2D eigenvalue weighted by atomic mass is 35.5. The normalized spacial score (nSPS) is 18.9. The second-order valence-electron chi connectivity index (χ2n) is 5.94. The molecule has 0 aromatic carbocycles.